The third-order valence-electron chi connectivity index (χ3n) is 4.82. The van der Waals surface area contributed by atoms with Crippen LogP contribution in [0, 0.1) is 11.6 Å². The first kappa shape index (κ1) is 16.6. The second-order valence-electron chi connectivity index (χ2n) is 6.67. The van der Waals surface area contributed by atoms with Gasteiger partial charge in [0.15, 0.2) is 11.6 Å². The van der Waals surface area contributed by atoms with E-state index in [4.69, 9.17) is 4.74 Å². The van der Waals surface area contributed by atoms with E-state index < -0.39 is 11.6 Å². The molecule has 0 aliphatic heterocycles. The van der Waals surface area contributed by atoms with E-state index in [1.54, 1.807) is 6.20 Å². The minimum absolute atomic E-state index is 0.323. The van der Waals surface area contributed by atoms with E-state index in [0.29, 0.717) is 28.4 Å². The van der Waals surface area contributed by atoms with Crippen molar-refractivity contribution in [1.82, 2.24) is 4.98 Å². The number of aromatic nitrogens is 1. The monoisotopic (exact) mass is 354 g/mol. The molecule has 5 heteroatoms. The summed E-state index contributed by atoms with van der Waals surface area (Å²) in [6, 6.07) is 10.1. The Hall–Kier alpha value is -2.82. The van der Waals surface area contributed by atoms with E-state index in [1.807, 2.05) is 24.3 Å². The van der Waals surface area contributed by atoms with Gasteiger partial charge in [-0.15, -0.1) is 0 Å². The highest BCUT2D eigenvalue weighted by Crippen LogP contribution is 2.29. The summed E-state index contributed by atoms with van der Waals surface area (Å²) in [4.78, 5) is 2.93. The number of fused-ring (bicyclic) bond motifs is 1. The summed E-state index contributed by atoms with van der Waals surface area (Å²) in [7, 11) is 0. The van der Waals surface area contributed by atoms with Crippen LogP contribution in [0.3, 0.4) is 0 Å². The van der Waals surface area contributed by atoms with Gasteiger partial charge in [-0.25, -0.2) is 8.78 Å². The van der Waals surface area contributed by atoms with Gasteiger partial charge in [-0.05, 0) is 61.6 Å². The lowest BCUT2D eigenvalue weighted by atomic mass is 10.1. The molecule has 26 heavy (non-hydrogen) atoms. The molecule has 1 saturated carbocycles. The van der Waals surface area contributed by atoms with Crippen LogP contribution >= 0.6 is 0 Å². The normalized spacial score (nSPS) is 14.7. The molecule has 0 spiro atoms. The van der Waals surface area contributed by atoms with Gasteiger partial charge in [0, 0.05) is 23.3 Å². The highest BCUT2D eigenvalue weighted by Gasteiger charge is 2.16. The van der Waals surface area contributed by atoms with Gasteiger partial charge in [0.2, 0.25) is 0 Å². The Bertz CT molecular complexity index is 941. The Morgan fingerprint density at radius 3 is 2.50 bits per heavy atom. The third-order valence-corrected chi connectivity index (χ3v) is 4.82. The van der Waals surface area contributed by atoms with E-state index in [9.17, 15) is 8.78 Å². The van der Waals surface area contributed by atoms with Crippen LogP contribution in [0.25, 0.3) is 16.6 Å². The largest absolute Gasteiger partial charge is 0.490 e. The Morgan fingerprint density at radius 2 is 1.77 bits per heavy atom. The molecule has 134 valence electrons. The topological polar surface area (TPSA) is 37.0 Å². The maximum atomic E-state index is 13.5. The molecule has 0 radical (unpaired) electrons. The third kappa shape index (κ3) is 3.29. The second kappa shape index (κ2) is 6.83. The van der Waals surface area contributed by atoms with Gasteiger partial charge in [0.05, 0.1) is 17.3 Å². The molecule has 0 saturated heterocycles. The molecule has 2 N–H and O–H groups in total. The maximum Gasteiger partial charge on any atom is 0.160 e. The summed E-state index contributed by atoms with van der Waals surface area (Å²) in [6.45, 7) is 4.05. The summed E-state index contributed by atoms with van der Waals surface area (Å²) >= 11 is 0. The van der Waals surface area contributed by atoms with Gasteiger partial charge in [-0.2, -0.15) is 0 Å². The first-order chi connectivity index (χ1) is 12.6. The molecule has 3 nitrogen and oxygen atoms in total. The van der Waals surface area contributed by atoms with Crippen LogP contribution in [0.15, 0.2) is 49.2 Å². The van der Waals surface area contributed by atoms with Crippen molar-refractivity contribution in [3.63, 3.8) is 0 Å². The summed E-state index contributed by atoms with van der Waals surface area (Å²) in [5.41, 5.74) is 2.75. The number of hydrogen-bond acceptors (Lipinski definition) is 2. The van der Waals surface area contributed by atoms with Crippen molar-refractivity contribution in [1.29, 1.82) is 0 Å². The van der Waals surface area contributed by atoms with Crippen molar-refractivity contribution in [3.8, 4) is 5.75 Å². The number of hydrogen-bond donors (Lipinski definition) is 2. The van der Waals surface area contributed by atoms with Crippen LogP contribution in [0.4, 0.5) is 14.5 Å². The van der Waals surface area contributed by atoms with Gasteiger partial charge in [-0.3, -0.25) is 0 Å². The van der Waals surface area contributed by atoms with Gasteiger partial charge in [0.25, 0.3) is 0 Å². The lowest BCUT2D eigenvalue weighted by Gasteiger charge is -2.14. The molecule has 3 aromatic rings. The summed E-state index contributed by atoms with van der Waals surface area (Å²) in [5.74, 6) is -0.889. The molecule has 0 amide bonds. The fraction of sp³-hybridized carbons (Fsp3) is 0.238. The van der Waals surface area contributed by atoms with Crippen LogP contribution in [-0.2, 0) is 0 Å². The molecule has 1 fully saturated rings. The summed E-state index contributed by atoms with van der Waals surface area (Å²) < 4.78 is 32.8. The van der Waals surface area contributed by atoms with Gasteiger partial charge < -0.3 is 15.0 Å². The van der Waals surface area contributed by atoms with E-state index in [1.165, 1.54) is 18.9 Å². The highest BCUT2D eigenvalue weighted by molar-refractivity contribution is 5.96. The molecule has 0 atom stereocenters. The second-order valence-corrected chi connectivity index (χ2v) is 6.67. The van der Waals surface area contributed by atoms with Crippen molar-refractivity contribution in [2.45, 2.75) is 31.8 Å². The van der Waals surface area contributed by atoms with Crippen molar-refractivity contribution < 1.29 is 13.5 Å². The quantitative estimate of drug-likeness (QED) is 0.603. The summed E-state index contributed by atoms with van der Waals surface area (Å²) in [5, 5.41) is 3.74. The number of nitrogens with one attached hydrogen (secondary N) is 2. The molecule has 1 aromatic heterocycles. The molecule has 1 aliphatic carbocycles. The standard InChI is InChI=1S/C21H20F2N2O/c1-13(14-6-8-16(9-7-14)26-15-4-2-3-5-15)25-21-12-24-20-11-19(23)18(22)10-17(20)21/h6-12,15,24-25H,1-5H2. The predicted molar refractivity (Wildman–Crippen MR) is 100 cm³/mol. The Balaban J connectivity index is 1.48. The lowest BCUT2D eigenvalue weighted by Crippen LogP contribution is -2.10. The zero-order chi connectivity index (χ0) is 18.1. The number of anilines is 1. The van der Waals surface area contributed by atoms with Crippen LogP contribution < -0.4 is 10.1 Å². The number of H-pyrrole nitrogens is 1. The smallest absolute Gasteiger partial charge is 0.160 e. The number of halogens is 2. The molecular weight excluding hydrogens is 334 g/mol. The zero-order valence-corrected chi connectivity index (χ0v) is 14.3. The number of rotatable bonds is 5. The number of benzene rings is 2. The Kier molecular flexibility index (Phi) is 4.37. The predicted octanol–water partition coefficient (Wildman–Crippen LogP) is 5.85. The minimum Gasteiger partial charge on any atom is -0.490 e. The molecule has 1 aliphatic rings. The van der Waals surface area contributed by atoms with Crippen molar-refractivity contribution in [3.05, 3.63) is 66.4 Å². The minimum atomic E-state index is -0.876. The molecule has 0 unspecified atom stereocenters. The van der Waals surface area contributed by atoms with E-state index in [-0.39, 0.29) is 0 Å². The zero-order valence-electron chi connectivity index (χ0n) is 14.3. The van der Waals surface area contributed by atoms with Crippen LogP contribution in [0.1, 0.15) is 31.2 Å². The fourth-order valence-electron chi connectivity index (χ4n) is 3.39. The lowest BCUT2D eigenvalue weighted by molar-refractivity contribution is 0.210. The Morgan fingerprint density at radius 1 is 1.08 bits per heavy atom. The van der Waals surface area contributed by atoms with E-state index in [2.05, 4.69) is 16.9 Å². The molecule has 1 heterocycles. The number of ether oxygens (including phenoxy) is 1. The van der Waals surface area contributed by atoms with Gasteiger partial charge in [-0.1, -0.05) is 6.58 Å². The van der Waals surface area contributed by atoms with Crippen LogP contribution in [0.2, 0.25) is 0 Å². The SMILES string of the molecule is C=C(Nc1c[nH]c2cc(F)c(F)cc12)c1ccc(OC2CCCC2)cc1. The van der Waals surface area contributed by atoms with E-state index >= 15 is 0 Å². The van der Waals surface area contributed by atoms with Gasteiger partial charge in [0.1, 0.15) is 5.75 Å². The average Bonchev–Trinajstić information content (AvgIpc) is 3.27. The summed E-state index contributed by atoms with van der Waals surface area (Å²) in [6.07, 6.45) is 6.70. The first-order valence-electron chi connectivity index (χ1n) is 8.79. The van der Waals surface area contributed by atoms with Crippen LogP contribution in [-0.4, -0.2) is 11.1 Å². The first-order valence-corrected chi connectivity index (χ1v) is 8.79. The van der Waals surface area contributed by atoms with E-state index in [0.717, 1.165) is 30.2 Å². The van der Waals surface area contributed by atoms with Crippen LogP contribution in [0.5, 0.6) is 5.75 Å². The molecule has 4 rings (SSSR count). The van der Waals surface area contributed by atoms with Crippen molar-refractivity contribution in [2.75, 3.05) is 5.32 Å². The number of aromatic amines is 1. The molecule has 0 bridgehead atoms. The Labute approximate surface area is 150 Å². The van der Waals surface area contributed by atoms with Crippen molar-refractivity contribution >= 4 is 22.3 Å². The molecular formula is C21H20F2N2O. The molecule has 2 aromatic carbocycles. The fourth-order valence-corrected chi connectivity index (χ4v) is 3.39. The van der Waals surface area contributed by atoms with Gasteiger partial charge >= 0.3 is 0 Å². The van der Waals surface area contributed by atoms with Crippen molar-refractivity contribution in [2.24, 2.45) is 0 Å². The average molecular weight is 354 g/mol. The maximum absolute atomic E-state index is 13.5. The highest BCUT2D eigenvalue weighted by atomic mass is 19.2.